The zero-order chi connectivity index (χ0) is 15.1. The van der Waals surface area contributed by atoms with E-state index in [1.54, 1.807) is 12.1 Å². The average Bonchev–Trinajstić information content (AvgIpc) is 2.54. The van der Waals surface area contributed by atoms with Crippen molar-refractivity contribution in [3.05, 3.63) is 70.7 Å². The van der Waals surface area contributed by atoms with Crippen molar-refractivity contribution in [1.82, 2.24) is 0 Å². The number of hydrogen-bond acceptors (Lipinski definition) is 3. The molecule has 0 heterocycles. The van der Waals surface area contributed by atoms with Gasteiger partial charge in [0.2, 0.25) is 0 Å². The summed E-state index contributed by atoms with van der Waals surface area (Å²) in [6, 6.07) is 17.0. The lowest BCUT2D eigenvalue weighted by molar-refractivity contribution is 0.0131. The molecule has 2 aromatic carbocycles. The van der Waals surface area contributed by atoms with Crippen LogP contribution in [0, 0.1) is 0 Å². The minimum Gasteiger partial charge on any atom is -0.395 e. The summed E-state index contributed by atoms with van der Waals surface area (Å²) in [6.07, 6.45) is 0. The van der Waals surface area contributed by atoms with Gasteiger partial charge in [0.1, 0.15) is 0 Å². The van der Waals surface area contributed by atoms with Crippen LogP contribution in [0.1, 0.15) is 11.1 Å². The van der Waals surface area contributed by atoms with Gasteiger partial charge in [-0.3, -0.25) is 0 Å². The highest BCUT2D eigenvalue weighted by Crippen LogP contribution is 2.30. The number of rotatable bonds is 7. The number of aliphatic hydroxyl groups is 2. The van der Waals surface area contributed by atoms with Crippen LogP contribution in [0.3, 0.4) is 0 Å². The summed E-state index contributed by atoms with van der Waals surface area (Å²) in [5.41, 5.74) is 0.846. The SMILES string of the molecule is OCC(CO)(COCc1ccccc1)c1ccccc1Cl. The molecule has 2 N–H and O–H groups in total. The average molecular weight is 307 g/mol. The lowest BCUT2D eigenvalue weighted by Gasteiger charge is -2.31. The number of aliphatic hydroxyl groups excluding tert-OH is 2. The standard InChI is InChI=1S/C17H19ClO3/c18-16-9-5-4-8-15(16)17(11-19,12-20)13-21-10-14-6-2-1-3-7-14/h1-9,19-20H,10-13H2. The van der Waals surface area contributed by atoms with Crippen molar-refractivity contribution < 1.29 is 14.9 Å². The van der Waals surface area contributed by atoms with Crippen LogP contribution in [0.2, 0.25) is 5.02 Å². The second-order valence-corrected chi connectivity index (χ2v) is 5.46. The van der Waals surface area contributed by atoms with Gasteiger partial charge in [0, 0.05) is 5.02 Å². The molecule has 0 bridgehead atoms. The Morgan fingerprint density at radius 1 is 0.905 bits per heavy atom. The number of benzene rings is 2. The molecule has 0 radical (unpaired) electrons. The zero-order valence-electron chi connectivity index (χ0n) is 11.7. The van der Waals surface area contributed by atoms with Crippen molar-refractivity contribution in [3.63, 3.8) is 0 Å². The first kappa shape index (κ1) is 16.0. The van der Waals surface area contributed by atoms with Crippen LogP contribution in [0.4, 0.5) is 0 Å². The summed E-state index contributed by atoms with van der Waals surface area (Å²) >= 11 is 6.18. The minimum absolute atomic E-state index is 0.193. The normalized spacial score (nSPS) is 11.6. The van der Waals surface area contributed by atoms with Gasteiger partial charge in [0.25, 0.3) is 0 Å². The molecule has 2 rings (SSSR count). The molecule has 0 fully saturated rings. The van der Waals surface area contributed by atoms with Gasteiger partial charge < -0.3 is 14.9 Å². The fourth-order valence-electron chi connectivity index (χ4n) is 2.22. The van der Waals surface area contributed by atoms with E-state index in [0.717, 1.165) is 5.56 Å². The van der Waals surface area contributed by atoms with E-state index in [-0.39, 0.29) is 19.8 Å². The molecule has 0 aromatic heterocycles. The summed E-state index contributed by atoms with van der Waals surface area (Å²) in [7, 11) is 0. The van der Waals surface area contributed by atoms with Crippen LogP contribution >= 0.6 is 11.6 Å². The Labute approximate surface area is 129 Å². The van der Waals surface area contributed by atoms with Crippen molar-refractivity contribution >= 4 is 11.6 Å². The van der Waals surface area contributed by atoms with Crippen LogP contribution in [-0.4, -0.2) is 30.0 Å². The molecule has 2 aromatic rings. The zero-order valence-corrected chi connectivity index (χ0v) is 12.5. The molecule has 0 atom stereocenters. The Morgan fingerprint density at radius 2 is 1.52 bits per heavy atom. The maximum absolute atomic E-state index is 9.75. The molecular weight excluding hydrogens is 288 g/mol. The van der Waals surface area contributed by atoms with Gasteiger partial charge in [0.05, 0.1) is 31.8 Å². The van der Waals surface area contributed by atoms with Gasteiger partial charge in [-0.2, -0.15) is 0 Å². The Bertz CT molecular complexity index is 553. The quantitative estimate of drug-likeness (QED) is 0.827. The first-order valence-corrected chi connectivity index (χ1v) is 7.18. The van der Waals surface area contributed by atoms with E-state index in [0.29, 0.717) is 17.2 Å². The van der Waals surface area contributed by atoms with Crippen LogP contribution in [-0.2, 0) is 16.8 Å². The Kier molecular flexibility index (Phi) is 5.76. The minimum atomic E-state index is -0.896. The molecule has 0 saturated carbocycles. The maximum atomic E-state index is 9.75. The molecule has 0 saturated heterocycles. The molecule has 0 aliphatic rings. The molecule has 112 valence electrons. The van der Waals surface area contributed by atoms with Gasteiger partial charge in [-0.1, -0.05) is 60.1 Å². The second kappa shape index (κ2) is 7.57. The molecule has 0 aliphatic carbocycles. The highest BCUT2D eigenvalue weighted by atomic mass is 35.5. The van der Waals surface area contributed by atoms with Crippen molar-refractivity contribution in [2.24, 2.45) is 0 Å². The first-order valence-electron chi connectivity index (χ1n) is 6.80. The summed E-state index contributed by atoms with van der Waals surface area (Å²) < 4.78 is 5.70. The lowest BCUT2D eigenvalue weighted by atomic mass is 9.82. The highest BCUT2D eigenvalue weighted by Gasteiger charge is 2.33. The molecule has 0 spiro atoms. The third-order valence-corrected chi connectivity index (χ3v) is 3.87. The third-order valence-electron chi connectivity index (χ3n) is 3.54. The van der Waals surface area contributed by atoms with Crippen LogP contribution in [0.15, 0.2) is 54.6 Å². The Morgan fingerprint density at radius 3 is 2.14 bits per heavy atom. The summed E-state index contributed by atoms with van der Waals surface area (Å²) in [5, 5.41) is 20.0. The number of hydrogen-bond donors (Lipinski definition) is 2. The molecular formula is C17H19ClO3. The summed E-state index contributed by atoms with van der Waals surface area (Å²) in [4.78, 5) is 0. The van der Waals surface area contributed by atoms with Crippen molar-refractivity contribution in [3.8, 4) is 0 Å². The van der Waals surface area contributed by atoms with E-state index in [1.165, 1.54) is 0 Å². The van der Waals surface area contributed by atoms with E-state index in [9.17, 15) is 10.2 Å². The van der Waals surface area contributed by atoms with E-state index >= 15 is 0 Å². The Balaban J connectivity index is 2.10. The predicted octanol–water partition coefficient (Wildman–Crippen LogP) is 2.78. The first-order chi connectivity index (χ1) is 10.2. The molecule has 0 unspecified atom stereocenters. The summed E-state index contributed by atoms with van der Waals surface area (Å²) in [5.74, 6) is 0. The van der Waals surface area contributed by atoms with Crippen molar-refractivity contribution in [2.75, 3.05) is 19.8 Å². The monoisotopic (exact) mass is 306 g/mol. The molecule has 3 nitrogen and oxygen atoms in total. The van der Waals surface area contributed by atoms with E-state index in [2.05, 4.69) is 0 Å². The number of halogens is 1. The molecule has 21 heavy (non-hydrogen) atoms. The lowest BCUT2D eigenvalue weighted by Crippen LogP contribution is -2.40. The smallest absolute Gasteiger partial charge is 0.0717 e. The van der Waals surface area contributed by atoms with Crippen LogP contribution in [0.5, 0.6) is 0 Å². The van der Waals surface area contributed by atoms with Crippen LogP contribution in [0.25, 0.3) is 0 Å². The van der Waals surface area contributed by atoms with Gasteiger partial charge in [-0.05, 0) is 17.2 Å². The van der Waals surface area contributed by atoms with E-state index in [1.807, 2.05) is 42.5 Å². The second-order valence-electron chi connectivity index (χ2n) is 5.05. The highest BCUT2D eigenvalue weighted by molar-refractivity contribution is 6.31. The van der Waals surface area contributed by atoms with Crippen LogP contribution < -0.4 is 0 Å². The predicted molar refractivity (Wildman–Crippen MR) is 83.4 cm³/mol. The molecule has 0 amide bonds. The van der Waals surface area contributed by atoms with Crippen molar-refractivity contribution in [2.45, 2.75) is 12.0 Å². The number of ether oxygens (including phenoxy) is 1. The van der Waals surface area contributed by atoms with Gasteiger partial charge in [0.15, 0.2) is 0 Å². The fourth-order valence-corrected chi connectivity index (χ4v) is 2.56. The molecule has 4 heteroatoms. The van der Waals surface area contributed by atoms with Crippen molar-refractivity contribution in [1.29, 1.82) is 0 Å². The van der Waals surface area contributed by atoms with Gasteiger partial charge in [-0.15, -0.1) is 0 Å². The Hall–Kier alpha value is -1.39. The fraction of sp³-hybridized carbons (Fsp3) is 0.294. The van der Waals surface area contributed by atoms with Gasteiger partial charge >= 0.3 is 0 Å². The van der Waals surface area contributed by atoms with E-state index in [4.69, 9.17) is 16.3 Å². The van der Waals surface area contributed by atoms with Gasteiger partial charge in [-0.25, -0.2) is 0 Å². The molecule has 0 aliphatic heterocycles. The summed E-state index contributed by atoms with van der Waals surface area (Å²) in [6.45, 7) is 0.149. The maximum Gasteiger partial charge on any atom is 0.0717 e. The third kappa shape index (κ3) is 3.83. The topological polar surface area (TPSA) is 49.7 Å². The van der Waals surface area contributed by atoms with E-state index < -0.39 is 5.41 Å². The largest absolute Gasteiger partial charge is 0.395 e.